The number of ether oxygens (including phenoxy) is 1. The Morgan fingerprint density at radius 1 is 1.43 bits per heavy atom. The maximum Gasteiger partial charge on any atom is 0.227 e. The number of aryl methyl sites for hydroxylation is 1. The van der Waals surface area contributed by atoms with Crippen molar-refractivity contribution < 1.29 is 9.53 Å². The molecule has 0 aliphatic carbocycles. The van der Waals surface area contributed by atoms with Crippen LogP contribution in [-0.2, 0) is 11.2 Å². The first-order chi connectivity index (χ1) is 11.2. The first-order valence-electron chi connectivity index (χ1n) is 7.99. The molecular weight excluding hydrogens is 308 g/mol. The van der Waals surface area contributed by atoms with E-state index in [0.29, 0.717) is 12.3 Å². The number of amides is 1. The first-order valence-corrected chi connectivity index (χ1v) is 8.87. The van der Waals surface area contributed by atoms with Crippen molar-refractivity contribution in [2.45, 2.75) is 32.1 Å². The Morgan fingerprint density at radius 3 is 3.00 bits per heavy atom. The molecule has 1 aliphatic heterocycles. The number of hydrogen-bond acceptors (Lipinski definition) is 4. The van der Waals surface area contributed by atoms with Crippen molar-refractivity contribution in [3.8, 4) is 5.75 Å². The van der Waals surface area contributed by atoms with Gasteiger partial charge in [-0.05, 0) is 25.8 Å². The van der Waals surface area contributed by atoms with Gasteiger partial charge in [-0.2, -0.15) is 0 Å². The standard InChI is InChI=1S/C18H22N2O2S/c1-13-12-23-18(19-13)15-7-5-9-20(11-15)17(21)10-14-6-3-4-8-16(14)22-2/h3-4,6,8,12,15H,5,7,9-11H2,1-2H3/t15-/m1/s1. The third-order valence-corrected chi connectivity index (χ3v) is 5.42. The zero-order valence-electron chi connectivity index (χ0n) is 13.6. The summed E-state index contributed by atoms with van der Waals surface area (Å²) in [4.78, 5) is 19.3. The van der Waals surface area contributed by atoms with Gasteiger partial charge in [0.1, 0.15) is 5.75 Å². The van der Waals surface area contributed by atoms with Crippen LogP contribution >= 0.6 is 11.3 Å². The van der Waals surface area contributed by atoms with Crippen molar-refractivity contribution in [2.24, 2.45) is 0 Å². The van der Waals surface area contributed by atoms with Gasteiger partial charge >= 0.3 is 0 Å². The van der Waals surface area contributed by atoms with Gasteiger partial charge in [0.05, 0.1) is 18.5 Å². The zero-order chi connectivity index (χ0) is 16.2. The second-order valence-corrected chi connectivity index (χ2v) is 6.88. The van der Waals surface area contributed by atoms with Gasteiger partial charge in [0.25, 0.3) is 0 Å². The molecule has 2 aromatic rings. The van der Waals surface area contributed by atoms with Gasteiger partial charge in [-0.3, -0.25) is 4.79 Å². The molecule has 5 heteroatoms. The third-order valence-electron chi connectivity index (χ3n) is 4.29. The molecule has 0 saturated carbocycles. The minimum absolute atomic E-state index is 0.174. The highest BCUT2D eigenvalue weighted by molar-refractivity contribution is 7.09. The lowest BCUT2D eigenvalue weighted by molar-refractivity contribution is -0.131. The summed E-state index contributed by atoms with van der Waals surface area (Å²) in [6.07, 6.45) is 2.56. The molecule has 0 unspecified atom stereocenters. The summed E-state index contributed by atoms with van der Waals surface area (Å²) >= 11 is 1.71. The largest absolute Gasteiger partial charge is 0.496 e. The Hall–Kier alpha value is -1.88. The number of aromatic nitrogens is 1. The minimum Gasteiger partial charge on any atom is -0.496 e. The van der Waals surface area contributed by atoms with Crippen molar-refractivity contribution >= 4 is 17.2 Å². The Morgan fingerprint density at radius 2 is 2.26 bits per heavy atom. The molecule has 3 rings (SSSR count). The monoisotopic (exact) mass is 330 g/mol. The number of thiazole rings is 1. The van der Waals surface area contributed by atoms with Crippen LogP contribution in [0.3, 0.4) is 0 Å². The van der Waals surface area contributed by atoms with Crippen LogP contribution in [0, 0.1) is 6.92 Å². The number of rotatable bonds is 4. The summed E-state index contributed by atoms with van der Waals surface area (Å²) in [5.74, 6) is 1.33. The second-order valence-electron chi connectivity index (χ2n) is 5.99. The topological polar surface area (TPSA) is 42.4 Å². The minimum atomic E-state index is 0.174. The first kappa shape index (κ1) is 16.0. The molecule has 1 saturated heterocycles. The maximum absolute atomic E-state index is 12.7. The summed E-state index contributed by atoms with van der Waals surface area (Å²) < 4.78 is 5.35. The van der Waals surface area contributed by atoms with E-state index >= 15 is 0 Å². The predicted molar refractivity (Wildman–Crippen MR) is 92.1 cm³/mol. The van der Waals surface area contributed by atoms with Gasteiger partial charge in [-0.25, -0.2) is 4.98 Å². The summed E-state index contributed by atoms with van der Waals surface area (Å²) in [5.41, 5.74) is 2.02. The van der Waals surface area contributed by atoms with Crippen molar-refractivity contribution in [3.05, 3.63) is 45.9 Å². The van der Waals surface area contributed by atoms with Crippen LogP contribution in [0.1, 0.15) is 35.0 Å². The van der Waals surface area contributed by atoms with E-state index in [0.717, 1.165) is 47.9 Å². The number of carbonyl (C=O) groups is 1. The van der Waals surface area contributed by atoms with E-state index in [4.69, 9.17) is 4.74 Å². The number of nitrogens with zero attached hydrogens (tertiary/aromatic N) is 2. The van der Waals surface area contributed by atoms with Gasteiger partial charge in [0.2, 0.25) is 5.91 Å². The van der Waals surface area contributed by atoms with Crippen molar-refractivity contribution in [2.75, 3.05) is 20.2 Å². The third kappa shape index (κ3) is 3.72. The summed E-state index contributed by atoms with van der Waals surface area (Å²) in [5, 5.41) is 3.25. The van der Waals surface area contributed by atoms with Crippen molar-refractivity contribution in [1.29, 1.82) is 0 Å². The lowest BCUT2D eigenvalue weighted by Gasteiger charge is -2.32. The van der Waals surface area contributed by atoms with E-state index in [9.17, 15) is 4.79 Å². The molecule has 122 valence electrons. The molecule has 0 N–H and O–H groups in total. The Balaban J connectivity index is 1.67. The van der Waals surface area contributed by atoms with Gasteiger partial charge in [0, 0.05) is 35.6 Å². The van der Waals surface area contributed by atoms with E-state index in [1.54, 1.807) is 18.4 Å². The molecule has 1 amide bonds. The van der Waals surface area contributed by atoms with E-state index < -0.39 is 0 Å². The fourth-order valence-corrected chi connectivity index (χ4v) is 4.01. The second kappa shape index (κ2) is 7.13. The van der Waals surface area contributed by atoms with Crippen LogP contribution in [0.25, 0.3) is 0 Å². The van der Waals surface area contributed by atoms with Crippen LogP contribution < -0.4 is 4.74 Å². The highest BCUT2D eigenvalue weighted by Crippen LogP contribution is 2.29. The van der Waals surface area contributed by atoms with Crippen LogP contribution in [0.4, 0.5) is 0 Å². The van der Waals surface area contributed by atoms with E-state index in [-0.39, 0.29) is 5.91 Å². The lowest BCUT2D eigenvalue weighted by Crippen LogP contribution is -2.40. The summed E-state index contributed by atoms with van der Waals surface area (Å²) in [7, 11) is 1.64. The SMILES string of the molecule is COc1ccccc1CC(=O)N1CCC[C@@H](c2nc(C)cs2)C1. The van der Waals surface area contributed by atoms with Crippen LogP contribution in [0.15, 0.2) is 29.6 Å². The Labute approximate surface area is 141 Å². The predicted octanol–water partition coefficient (Wildman–Crippen LogP) is 3.41. The van der Waals surface area contributed by atoms with Gasteiger partial charge < -0.3 is 9.64 Å². The molecular formula is C18H22N2O2S. The van der Waals surface area contributed by atoms with E-state index in [2.05, 4.69) is 10.4 Å². The van der Waals surface area contributed by atoms with Crippen LogP contribution in [-0.4, -0.2) is 36.0 Å². The molecule has 1 aromatic carbocycles. The maximum atomic E-state index is 12.7. The number of benzene rings is 1. The molecule has 1 aliphatic rings. The van der Waals surface area contributed by atoms with Crippen LogP contribution in [0.2, 0.25) is 0 Å². The molecule has 0 spiro atoms. The van der Waals surface area contributed by atoms with Crippen molar-refractivity contribution in [3.63, 3.8) is 0 Å². The van der Waals surface area contributed by atoms with Gasteiger partial charge in [-0.1, -0.05) is 18.2 Å². The Kier molecular flexibility index (Phi) is 4.96. The van der Waals surface area contributed by atoms with Crippen LogP contribution in [0.5, 0.6) is 5.75 Å². The fourth-order valence-electron chi connectivity index (χ4n) is 3.09. The highest BCUT2D eigenvalue weighted by Gasteiger charge is 2.26. The molecule has 1 aromatic heterocycles. The van der Waals surface area contributed by atoms with Gasteiger partial charge in [-0.15, -0.1) is 11.3 Å². The zero-order valence-corrected chi connectivity index (χ0v) is 14.4. The van der Waals surface area contributed by atoms with Gasteiger partial charge in [0.15, 0.2) is 0 Å². The normalized spacial score (nSPS) is 18.0. The highest BCUT2D eigenvalue weighted by atomic mass is 32.1. The number of methoxy groups -OCH3 is 1. The number of likely N-dealkylation sites (tertiary alicyclic amines) is 1. The summed E-state index contributed by atoms with van der Waals surface area (Å²) in [6.45, 7) is 3.64. The number of para-hydroxylation sites is 1. The molecule has 1 atom stereocenters. The molecule has 1 fully saturated rings. The quantitative estimate of drug-likeness (QED) is 0.863. The molecule has 0 bridgehead atoms. The number of hydrogen-bond donors (Lipinski definition) is 0. The average Bonchev–Trinajstić information content (AvgIpc) is 3.02. The Bertz CT molecular complexity index is 683. The average molecular weight is 330 g/mol. The summed E-state index contributed by atoms with van der Waals surface area (Å²) in [6, 6.07) is 7.74. The van der Waals surface area contributed by atoms with Crippen molar-refractivity contribution in [1.82, 2.24) is 9.88 Å². The number of carbonyl (C=O) groups excluding carboxylic acids is 1. The van der Waals surface area contributed by atoms with E-state index in [1.165, 1.54) is 0 Å². The van der Waals surface area contributed by atoms with E-state index in [1.807, 2.05) is 36.1 Å². The fraction of sp³-hybridized carbons (Fsp3) is 0.444. The smallest absolute Gasteiger partial charge is 0.227 e. The number of piperidine rings is 1. The molecule has 2 heterocycles. The lowest BCUT2D eigenvalue weighted by atomic mass is 9.98. The molecule has 4 nitrogen and oxygen atoms in total. The molecule has 23 heavy (non-hydrogen) atoms. The molecule has 0 radical (unpaired) electrons.